The quantitative estimate of drug-likeness (QED) is 0.551. The van der Waals surface area contributed by atoms with Gasteiger partial charge in [-0.15, -0.1) is 11.8 Å². The summed E-state index contributed by atoms with van der Waals surface area (Å²) >= 11 is 1.51. The number of nitrogens with zero attached hydrogens (tertiary/aromatic N) is 1. The smallest absolute Gasteiger partial charge is 0.243 e. The maximum Gasteiger partial charge on any atom is 0.243 e. The van der Waals surface area contributed by atoms with Crippen molar-refractivity contribution < 1.29 is 9.59 Å². The predicted octanol–water partition coefficient (Wildman–Crippen LogP) is 4.54. The summed E-state index contributed by atoms with van der Waals surface area (Å²) in [6.45, 7) is 6.53. The molecule has 4 nitrogen and oxygen atoms in total. The normalized spacial score (nSPS) is 12.8. The fourth-order valence-corrected chi connectivity index (χ4v) is 3.89. The number of carbonyl (C=O) groups excluding carboxylic acids is 2. The van der Waals surface area contributed by atoms with Gasteiger partial charge >= 0.3 is 0 Å². The van der Waals surface area contributed by atoms with Crippen LogP contribution in [0.15, 0.2) is 65.6 Å². The number of hydrogen-bond donors (Lipinski definition) is 1. The highest BCUT2D eigenvalue weighted by Crippen LogP contribution is 2.19. The van der Waals surface area contributed by atoms with Gasteiger partial charge in [-0.1, -0.05) is 62.4 Å². The molecule has 0 aromatic heterocycles. The molecule has 29 heavy (non-hydrogen) atoms. The van der Waals surface area contributed by atoms with Gasteiger partial charge in [0.1, 0.15) is 6.04 Å². The second-order valence-electron chi connectivity index (χ2n) is 7.17. The van der Waals surface area contributed by atoms with E-state index in [9.17, 15) is 9.59 Å². The van der Waals surface area contributed by atoms with Crippen molar-refractivity contribution in [3.8, 4) is 0 Å². The lowest BCUT2D eigenvalue weighted by Crippen LogP contribution is -2.52. The van der Waals surface area contributed by atoms with Gasteiger partial charge in [-0.05, 0) is 43.9 Å². The van der Waals surface area contributed by atoms with Crippen molar-refractivity contribution in [3.05, 3.63) is 66.2 Å². The molecule has 0 heterocycles. The first-order chi connectivity index (χ1) is 14.0. The van der Waals surface area contributed by atoms with Gasteiger partial charge in [-0.2, -0.15) is 0 Å². The molecule has 0 radical (unpaired) electrons. The highest BCUT2D eigenvalue weighted by molar-refractivity contribution is 8.00. The minimum atomic E-state index is -0.448. The van der Waals surface area contributed by atoms with E-state index in [1.807, 2.05) is 69.3 Å². The average Bonchev–Trinajstić information content (AvgIpc) is 2.76. The highest BCUT2D eigenvalue weighted by Gasteiger charge is 2.28. The molecule has 5 heteroatoms. The van der Waals surface area contributed by atoms with Crippen LogP contribution in [0.25, 0.3) is 0 Å². The molecule has 0 saturated carbocycles. The molecule has 156 valence electrons. The van der Waals surface area contributed by atoms with Gasteiger partial charge < -0.3 is 10.2 Å². The number of thioether (sulfide) groups is 1. The Bertz CT molecular complexity index is 752. The van der Waals surface area contributed by atoms with Crippen LogP contribution in [-0.4, -0.2) is 41.1 Å². The molecule has 0 aliphatic carbocycles. The van der Waals surface area contributed by atoms with Crippen molar-refractivity contribution in [1.82, 2.24) is 10.2 Å². The van der Waals surface area contributed by atoms with E-state index in [2.05, 4.69) is 17.4 Å². The van der Waals surface area contributed by atoms with Gasteiger partial charge in [0.25, 0.3) is 0 Å². The second-order valence-corrected chi connectivity index (χ2v) is 8.22. The zero-order chi connectivity index (χ0) is 21.1. The maximum absolute atomic E-state index is 13.1. The Morgan fingerprint density at radius 3 is 2.17 bits per heavy atom. The van der Waals surface area contributed by atoms with Gasteiger partial charge in [0.15, 0.2) is 0 Å². The van der Waals surface area contributed by atoms with Crippen LogP contribution < -0.4 is 5.32 Å². The first-order valence-electron chi connectivity index (χ1n) is 10.4. The largest absolute Gasteiger partial charge is 0.352 e. The number of rotatable bonds is 11. The third-order valence-electron chi connectivity index (χ3n) is 4.98. The highest BCUT2D eigenvalue weighted by atomic mass is 32.2. The number of carbonyl (C=O) groups is 2. The van der Waals surface area contributed by atoms with E-state index >= 15 is 0 Å². The third kappa shape index (κ3) is 7.58. The summed E-state index contributed by atoms with van der Waals surface area (Å²) < 4.78 is 0. The Labute approximate surface area is 179 Å². The summed E-state index contributed by atoms with van der Waals surface area (Å²) in [6.07, 6.45) is 2.19. The molecule has 2 amide bonds. The SMILES string of the molecule is CC[C@@H](C)NC(=O)[C@H](CC)N(CCc1ccccc1)C(=O)CSc1ccccc1. The molecule has 2 aromatic rings. The van der Waals surface area contributed by atoms with Gasteiger partial charge in [0, 0.05) is 17.5 Å². The molecule has 2 rings (SSSR count). The molecular formula is C24H32N2O2S. The minimum Gasteiger partial charge on any atom is -0.352 e. The monoisotopic (exact) mass is 412 g/mol. The zero-order valence-electron chi connectivity index (χ0n) is 17.6. The van der Waals surface area contributed by atoms with Crippen LogP contribution in [0.4, 0.5) is 0 Å². The molecule has 1 N–H and O–H groups in total. The number of benzene rings is 2. The lowest BCUT2D eigenvalue weighted by molar-refractivity contribution is -0.139. The van der Waals surface area contributed by atoms with E-state index in [1.54, 1.807) is 4.90 Å². The Morgan fingerprint density at radius 1 is 0.966 bits per heavy atom. The average molecular weight is 413 g/mol. The van der Waals surface area contributed by atoms with E-state index in [0.29, 0.717) is 18.7 Å². The Kier molecular flexibility index (Phi) is 9.78. The lowest BCUT2D eigenvalue weighted by atomic mass is 10.1. The molecule has 0 fully saturated rings. The topological polar surface area (TPSA) is 49.4 Å². The van der Waals surface area contributed by atoms with Crippen molar-refractivity contribution in [1.29, 1.82) is 0 Å². The Morgan fingerprint density at radius 2 is 1.59 bits per heavy atom. The lowest BCUT2D eigenvalue weighted by Gasteiger charge is -2.31. The van der Waals surface area contributed by atoms with E-state index in [0.717, 1.165) is 23.3 Å². The maximum atomic E-state index is 13.1. The van der Waals surface area contributed by atoms with Crippen molar-refractivity contribution in [3.63, 3.8) is 0 Å². The van der Waals surface area contributed by atoms with Crippen LogP contribution >= 0.6 is 11.8 Å². The molecule has 0 unspecified atom stereocenters. The van der Waals surface area contributed by atoms with Gasteiger partial charge in [-0.3, -0.25) is 9.59 Å². The Balaban J connectivity index is 2.11. The standard InChI is InChI=1S/C24H32N2O2S/c1-4-19(3)25-24(28)22(5-2)26(17-16-20-12-8-6-9-13-20)23(27)18-29-21-14-10-7-11-15-21/h6-15,19,22H,4-5,16-18H2,1-3H3,(H,25,28)/t19-,22+/m1/s1. The first kappa shape index (κ1) is 23.0. The predicted molar refractivity (Wildman–Crippen MR) is 121 cm³/mol. The summed E-state index contributed by atoms with van der Waals surface area (Å²) in [6, 6.07) is 19.6. The van der Waals surface area contributed by atoms with Crippen LogP contribution in [-0.2, 0) is 16.0 Å². The molecule has 2 aromatic carbocycles. The Hall–Kier alpha value is -2.27. The number of amides is 2. The van der Waals surface area contributed by atoms with Crippen LogP contribution in [0, 0.1) is 0 Å². The molecule has 0 bridgehead atoms. The fraction of sp³-hybridized carbons (Fsp3) is 0.417. The second kappa shape index (κ2) is 12.3. The van der Waals surface area contributed by atoms with E-state index in [1.165, 1.54) is 11.8 Å². The van der Waals surface area contributed by atoms with Crippen LogP contribution in [0.3, 0.4) is 0 Å². The van der Waals surface area contributed by atoms with Crippen molar-refractivity contribution in [2.75, 3.05) is 12.3 Å². The van der Waals surface area contributed by atoms with Crippen molar-refractivity contribution >= 4 is 23.6 Å². The summed E-state index contributed by atoms with van der Waals surface area (Å²) in [5.41, 5.74) is 1.16. The summed E-state index contributed by atoms with van der Waals surface area (Å²) in [5, 5.41) is 3.05. The van der Waals surface area contributed by atoms with Crippen molar-refractivity contribution in [2.24, 2.45) is 0 Å². The molecule has 0 saturated heterocycles. The molecule has 2 atom stereocenters. The summed E-state index contributed by atoms with van der Waals surface area (Å²) in [7, 11) is 0. The molecule has 0 aliphatic heterocycles. The number of hydrogen-bond acceptors (Lipinski definition) is 3. The zero-order valence-corrected chi connectivity index (χ0v) is 18.5. The van der Waals surface area contributed by atoms with Gasteiger partial charge in [0.05, 0.1) is 5.75 Å². The minimum absolute atomic E-state index is 0.000866. The first-order valence-corrected chi connectivity index (χ1v) is 11.3. The van der Waals surface area contributed by atoms with Crippen LogP contribution in [0.2, 0.25) is 0 Å². The molecular weight excluding hydrogens is 380 g/mol. The molecule has 0 spiro atoms. The number of nitrogens with one attached hydrogen (secondary N) is 1. The van der Waals surface area contributed by atoms with Gasteiger partial charge in [0.2, 0.25) is 11.8 Å². The summed E-state index contributed by atoms with van der Waals surface area (Å²) in [4.78, 5) is 28.8. The van der Waals surface area contributed by atoms with E-state index in [-0.39, 0.29) is 17.9 Å². The summed E-state index contributed by atoms with van der Waals surface area (Å²) in [5.74, 6) is 0.264. The fourth-order valence-electron chi connectivity index (χ4n) is 3.08. The third-order valence-corrected chi connectivity index (χ3v) is 5.97. The van der Waals surface area contributed by atoms with Crippen molar-refractivity contribution in [2.45, 2.75) is 57.0 Å². The van der Waals surface area contributed by atoms with Crippen LogP contribution in [0.5, 0.6) is 0 Å². The van der Waals surface area contributed by atoms with E-state index < -0.39 is 6.04 Å². The van der Waals surface area contributed by atoms with Crippen LogP contribution in [0.1, 0.15) is 39.2 Å². The van der Waals surface area contributed by atoms with E-state index in [4.69, 9.17) is 0 Å². The van der Waals surface area contributed by atoms with Gasteiger partial charge in [-0.25, -0.2) is 0 Å². The molecule has 0 aliphatic rings.